The number of carbonyl (C=O) groups excluding carboxylic acids is 1. The molecule has 0 bridgehead atoms. The highest BCUT2D eigenvalue weighted by Crippen LogP contribution is 2.39. The minimum Gasteiger partial charge on any atom is -0.466 e. The van der Waals surface area contributed by atoms with Crippen LogP contribution in [0.1, 0.15) is 24.0 Å². The van der Waals surface area contributed by atoms with Crippen LogP contribution in [-0.2, 0) is 9.53 Å². The number of hydrogen-bond acceptors (Lipinski definition) is 5. The van der Waals surface area contributed by atoms with Gasteiger partial charge in [0, 0.05) is 10.7 Å². The predicted molar refractivity (Wildman–Crippen MR) is 89.3 cm³/mol. The third kappa shape index (κ3) is 2.63. The first-order chi connectivity index (χ1) is 11.4. The number of halogens is 1. The maximum Gasteiger partial charge on any atom is 0.336 e. The summed E-state index contributed by atoms with van der Waals surface area (Å²) in [5.74, 6) is -0.989. The zero-order valence-corrected chi connectivity index (χ0v) is 13.7. The summed E-state index contributed by atoms with van der Waals surface area (Å²) in [6.07, 6.45) is 0. The van der Waals surface area contributed by atoms with Gasteiger partial charge in [0.1, 0.15) is 5.82 Å². The standard InChI is InChI=1S/C16H14ClN3O4/c1-7-10(15(22)24-2)11(8-3-5-9(17)6-4-8)12-13(18-7)19-16(23)20-14(12)21/h3-6,11H,1-2H3,(H3,18,19,20,21,23)/t11-/m1/s1. The Hall–Kier alpha value is -2.80. The lowest BCUT2D eigenvalue weighted by Crippen LogP contribution is -2.34. The molecule has 1 aromatic heterocycles. The van der Waals surface area contributed by atoms with E-state index in [2.05, 4.69) is 15.3 Å². The Kier molecular flexibility index (Phi) is 4.02. The first-order valence-corrected chi connectivity index (χ1v) is 7.48. The molecule has 7 nitrogen and oxygen atoms in total. The second kappa shape index (κ2) is 6.01. The van der Waals surface area contributed by atoms with Gasteiger partial charge >= 0.3 is 11.7 Å². The molecule has 8 heteroatoms. The van der Waals surface area contributed by atoms with Gasteiger partial charge in [0.05, 0.1) is 24.2 Å². The molecule has 2 aromatic rings. The Morgan fingerprint density at radius 2 is 1.83 bits per heavy atom. The molecule has 0 unspecified atom stereocenters. The molecule has 24 heavy (non-hydrogen) atoms. The van der Waals surface area contributed by atoms with E-state index < -0.39 is 23.1 Å². The number of aromatic amines is 2. The fourth-order valence-corrected chi connectivity index (χ4v) is 2.98. The monoisotopic (exact) mass is 347 g/mol. The number of aromatic nitrogens is 2. The van der Waals surface area contributed by atoms with Crippen LogP contribution in [0, 0.1) is 0 Å². The fourth-order valence-electron chi connectivity index (χ4n) is 2.86. The molecule has 0 amide bonds. The molecule has 3 rings (SSSR count). The lowest BCUT2D eigenvalue weighted by molar-refractivity contribution is -0.136. The highest BCUT2D eigenvalue weighted by molar-refractivity contribution is 6.30. The molecule has 0 saturated carbocycles. The third-order valence-electron chi connectivity index (χ3n) is 3.88. The van der Waals surface area contributed by atoms with Crippen molar-refractivity contribution in [3.8, 4) is 0 Å². The number of hydrogen-bond donors (Lipinski definition) is 3. The maximum atomic E-state index is 12.4. The van der Waals surface area contributed by atoms with E-state index in [4.69, 9.17) is 16.3 Å². The maximum absolute atomic E-state index is 12.4. The van der Waals surface area contributed by atoms with Gasteiger partial charge in [0.25, 0.3) is 5.56 Å². The predicted octanol–water partition coefficient (Wildman–Crippen LogP) is 1.72. The molecule has 1 aromatic carbocycles. The van der Waals surface area contributed by atoms with Crippen molar-refractivity contribution in [2.24, 2.45) is 0 Å². The summed E-state index contributed by atoms with van der Waals surface area (Å²) >= 11 is 5.93. The average molecular weight is 348 g/mol. The summed E-state index contributed by atoms with van der Waals surface area (Å²) in [4.78, 5) is 41.0. The number of rotatable bonds is 2. The number of ether oxygens (including phenoxy) is 1. The number of methoxy groups -OCH3 is 1. The molecule has 0 radical (unpaired) electrons. The molecular formula is C16H14ClN3O4. The number of carbonyl (C=O) groups is 1. The van der Waals surface area contributed by atoms with Crippen molar-refractivity contribution in [1.29, 1.82) is 0 Å². The van der Waals surface area contributed by atoms with E-state index in [0.717, 1.165) is 0 Å². The van der Waals surface area contributed by atoms with Crippen LogP contribution in [-0.4, -0.2) is 23.0 Å². The van der Waals surface area contributed by atoms with Crippen molar-refractivity contribution in [1.82, 2.24) is 9.97 Å². The highest BCUT2D eigenvalue weighted by Gasteiger charge is 2.35. The fraction of sp³-hybridized carbons (Fsp3) is 0.188. The van der Waals surface area contributed by atoms with E-state index in [1.807, 2.05) is 0 Å². The molecule has 0 saturated heterocycles. The first-order valence-electron chi connectivity index (χ1n) is 7.10. The summed E-state index contributed by atoms with van der Waals surface area (Å²) in [6.45, 7) is 1.68. The van der Waals surface area contributed by atoms with Crippen molar-refractivity contribution in [2.45, 2.75) is 12.8 Å². The number of nitrogens with one attached hydrogen (secondary N) is 3. The van der Waals surface area contributed by atoms with Crippen LogP contribution in [0.3, 0.4) is 0 Å². The Bertz CT molecular complexity index is 957. The van der Waals surface area contributed by atoms with Crippen LogP contribution >= 0.6 is 11.6 Å². The van der Waals surface area contributed by atoms with Gasteiger partial charge in [-0.05, 0) is 24.6 Å². The zero-order valence-electron chi connectivity index (χ0n) is 12.9. The van der Waals surface area contributed by atoms with Crippen LogP contribution in [0.4, 0.5) is 5.82 Å². The van der Waals surface area contributed by atoms with Crippen molar-refractivity contribution in [3.05, 3.63) is 72.5 Å². The van der Waals surface area contributed by atoms with Crippen molar-refractivity contribution in [3.63, 3.8) is 0 Å². The van der Waals surface area contributed by atoms with Crippen molar-refractivity contribution < 1.29 is 9.53 Å². The average Bonchev–Trinajstić information content (AvgIpc) is 2.53. The number of esters is 1. The Balaban J connectivity index is 2.31. The van der Waals surface area contributed by atoms with E-state index in [1.165, 1.54) is 7.11 Å². The summed E-state index contributed by atoms with van der Waals surface area (Å²) in [6, 6.07) is 6.79. The van der Waals surface area contributed by atoms with Gasteiger partial charge in [-0.25, -0.2) is 9.59 Å². The van der Waals surface area contributed by atoms with Gasteiger partial charge in [-0.15, -0.1) is 0 Å². The van der Waals surface area contributed by atoms with E-state index in [1.54, 1.807) is 31.2 Å². The lowest BCUT2D eigenvalue weighted by Gasteiger charge is -2.28. The molecule has 2 heterocycles. The second-order valence-electron chi connectivity index (χ2n) is 5.34. The Morgan fingerprint density at radius 3 is 2.46 bits per heavy atom. The summed E-state index contributed by atoms with van der Waals surface area (Å²) < 4.78 is 4.87. The molecule has 124 valence electrons. The van der Waals surface area contributed by atoms with Gasteiger partial charge in [0.2, 0.25) is 0 Å². The minimum atomic E-state index is -0.688. The summed E-state index contributed by atoms with van der Waals surface area (Å²) in [5.41, 5.74) is 0.508. The largest absolute Gasteiger partial charge is 0.466 e. The number of H-pyrrole nitrogens is 2. The SMILES string of the molecule is COC(=O)C1=C(C)Nc2[nH]c(=O)[nH]c(=O)c2[C@@H]1c1ccc(Cl)cc1. The second-order valence-corrected chi connectivity index (χ2v) is 5.77. The van der Waals surface area contributed by atoms with Crippen molar-refractivity contribution in [2.75, 3.05) is 12.4 Å². The molecule has 0 spiro atoms. The Labute approximate surface area is 141 Å². The van der Waals surface area contributed by atoms with Gasteiger partial charge in [-0.3, -0.25) is 14.8 Å². The molecule has 1 aliphatic rings. The van der Waals surface area contributed by atoms with Crippen molar-refractivity contribution >= 4 is 23.4 Å². The van der Waals surface area contributed by atoms with Gasteiger partial charge in [-0.1, -0.05) is 23.7 Å². The van der Waals surface area contributed by atoms with Gasteiger partial charge in [-0.2, -0.15) is 0 Å². The molecule has 0 aliphatic carbocycles. The van der Waals surface area contributed by atoms with Crippen LogP contribution in [0.2, 0.25) is 5.02 Å². The first kappa shape index (κ1) is 16.1. The topological polar surface area (TPSA) is 104 Å². The molecule has 1 atom stereocenters. The normalized spacial score (nSPS) is 16.4. The lowest BCUT2D eigenvalue weighted by atomic mass is 9.82. The van der Waals surface area contributed by atoms with Crippen LogP contribution in [0.25, 0.3) is 0 Å². The quantitative estimate of drug-likeness (QED) is 0.718. The zero-order chi connectivity index (χ0) is 17.4. The van der Waals surface area contributed by atoms with E-state index in [-0.39, 0.29) is 11.4 Å². The minimum absolute atomic E-state index is 0.239. The molecule has 3 N–H and O–H groups in total. The number of benzene rings is 1. The van der Waals surface area contributed by atoms with Crippen LogP contribution in [0.5, 0.6) is 0 Å². The summed E-state index contributed by atoms with van der Waals surface area (Å²) in [5, 5.41) is 3.43. The van der Waals surface area contributed by atoms with Gasteiger partial charge in [0.15, 0.2) is 0 Å². The highest BCUT2D eigenvalue weighted by atomic mass is 35.5. The molecular weight excluding hydrogens is 334 g/mol. The molecule has 0 fully saturated rings. The van der Waals surface area contributed by atoms with E-state index >= 15 is 0 Å². The van der Waals surface area contributed by atoms with Crippen LogP contribution < -0.4 is 16.6 Å². The number of fused-ring (bicyclic) bond motifs is 1. The molecule has 1 aliphatic heterocycles. The number of anilines is 1. The van der Waals surface area contributed by atoms with Crippen LogP contribution in [0.15, 0.2) is 45.1 Å². The smallest absolute Gasteiger partial charge is 0.336 e. The van der Waals surface area contributed by atoms with Gasteiger partial charge < -0.3 is 10.1 Å². The Morgan fingerprint density at radius 1 is 1.17 bits per heavy atom. The number of allylic oxidation sites excluding steroid dienone is 1. The summed E-state index contributed by atoms with van der Waals surface area (Å²) in [7, 11) is 1.27. The third-order valence-corrected chi connectivity index (χ3v) is 4.13. The van der Waals surface area contributed by atoms with E-state index in [0.29, 0.717) is 21.9 Å². The van der Waals surface area contributed by atoms with E-state index in [9.17, 15) is 14.4 Å².